The first kappa shape index (κ1) is 15.9. The molecule has 1 fully saturated rings. The Hall–Kier alpha value is -1.53. The maximum atomic E-state index is 13.7. The van der Waals surface area contributed by atoms with Crippen LogP contribution < -0.4 is 5.32 Å². The lowest BCUT2D eigenvalue weighted by Crippen LogP contribution is -2.49. The lowest BCUT2D eigenvalue weighted by atomic mass is 10.1. The number of amides is 1. The maximum Gasteiger partial charge on any atom is 0.239 e. The molecule has 0 unspecified atom stereocenters. The van der Waals surface area contributed by atoms with Gasteiger partial charge in [-0.05, 0) is 19.9 Å². The van der Waals surface area contributed by atoms with Crippen LogP contribution in [0.3, 0.4) is 0 Å². The Balaban J connectivity index is 1.97. The molecule has 1 heterocycles. The van der Waals surface area contributed by atoms with E-state index in [1.54, 1.807) is 18.7 Å². The van der Waals surface area contributed by atoms with Crippen LogP contribution in [0.25, 0.3) is 0 Å². The van der Waals surface area contributed by atoms with Crippen LogP contribution in [0.1, 0.15) is 25.5 Å². The Morgan fingerprint density at radius 2 is 1.95 bits per heavy atom. The number of carbonyl (C=O) groups is 1. The Kier molecular flexibility index (Phi) is 5.25. The summed E-state index contributed by atoms with van der Waals surface area (Å²) in [7, 11) is 0. The largest absolute Gasteiger partial charge is 0.378 e. The molecule has 1 amide bonds. The maximum absolute atomic E-state index is 13.7. The fourth-order valence-electron chi connectivity index (χ4n) is 2.45. The average molecular weight is 298 g/mol. The number of nitrogens with one attached hydrogen (secondary N) is 1. The van der Waals surface area contributed by atoms with Crippen LogP contribution in [0.15, 0.2) is 18.2 Å². The molecule has 0 radical (unpaired) electrons. The van der Waals surface area contributed by atoms with E-state index in [-0.39, 0.29) is 11.9 Å². The zero-order valence-corrected chi connectivity index (χ0v) is 12.2. The van der Waals surface area contributed by atoms with Gasteiger partial charge in [0.2, 0.25) is 5.91 Å². The third kappa shape index (κ3) is 3.98. The van der Waals surface area contributed by atoms with E-state index in [1.807, 2.05) is 0 Å². The van der Waals surface area contributed by atoms with Gasteiger partial charge < -0.3 is 9.64 Å². The summed E-state index contributed by atoms with van der Waals surface area (Å²) in [6.07, 6.45) is 0. The molecule has 0 bridgehead atoms. The molecule has 2 rings (SSSR count). The first-order valence-corrected chi connectivity index (χ1v) is 7.06. The highest BCUT2D eigenvalue weighted by Gasteiger charge is 2.24. The normalized spacial score (nSPS) is 18.4. The Labute approximate surface area is 123 Å². The molecule has 0 aromatic heterocycles. The first-order valence-electron chi connectivity index (χ1n) is 7.06. The molecule has 1 saturated heterocycles. The van der Waals surface area contributed by atoms with Gasteiger partial charge in [0.25, 0.3) is 0 Å². The Bertz CT molecular complexity index is 504. The minimum absolute atomic E-state index is 0.0346. The third-order valence-corrected chi connectivity index (χ3v) is 3.62. The number of nitrogens with zero attached hydrogens (tertiary/aromatic N) is 1. The van der Waals surface area contributed by atoms with Gasteiger partial charge in [-0.15, -0.1) is 0 Å². The molecule has 1 aliphatic heterocycles. The van der Waals surface area contributed by atoms with E-state index in [2.05, 4.69) is 5.32 Å². The molecular weight excluding hydrogens is 278 g/mol. The molecule has 0 spiro atoms. The van der Waals surface area contributed by atoms with Crippen LogP contribution in [0.4, 0.5) is 8.78 Å². The molecule has 0 aliphatic carbocycles. The molecule has 0 saturated carbocycles. The summed E-state index contributed by atoms with van der Waals surface area (Å²) in [5.41, 5.74) is 0.345. The lowest BCUT2D eigenvalue weighted by molar-refractivity contribution is -0.137. The lowest BCUT2D eigenvalue weighted by Gasteiger charge is -2.30. The van der Waals surface area contributed by atoms with Crippen LogP contribution in [0.5, 0.6) is 0 Å². The summed E-state index contributed by atoms with van der Waals surface area (Å²) >= 11 is 0. The fraction of sp³-hybridized carbons (Fsp3) is 0.533. The average Bonchev–Trinajstić information content (AvgIpc) is 2.47. The fourth-order valence-corrected chi connectivity index (χ4v) is 2.45. The van der Waals surface area contributed by atoms with Crippen molar-refractivity contribution in [3.8, 4) is 0 Å². The summed E-state index contributed by atoms with van der Waals surface area (Å²) in [6, 6.07) is 2.63. The van der Waals surface area contributed by atoms with Crippen molar-refractivity contribution in [1.82, 2.24) is 10.2 Å². The van der Waals surface area contributed by atoms with Gasteiger partial charge in [0.05, 0.1) is 19.3 Å². The number of ether oxygens (including phenoxy) is 1. The number of morpholine rings is 1. The number of hydrogen-bond acceptors (Lipinski definition) is 3. The zero-order valence-electron chi connectivity index (χ0n) is 12.2. The minimum atomic E-state index is -0.610. The SMILES string of the molecule is C[C@H](N[C@H](C)c1ccc(F)cc1F)C(=O)N1CCOCC1. The van der Waals surface area contributed by atoms with Gasteiger partial charge in [0.1, 0.15) is 11.6 Å². The number of benzene rings is 1. The molecule has 116 valence electrons. The molecule has 1 aromatic carbocycles. The predicted octanol–water partition coefficient (Wildman–Crippen LogP) is 1.86. The summed E-state index contributed by atoms with van der Waals surface area (Å²) < 4.78 is 31.8. The molecule has 1 aromatic rings. The second-order valence-corrected chi connectivity index (χ2v) is 5.21. The van der Waals surface area contributed by atoms with E-state index in [9.17, 15) is 13.6 Å². The van der Waals surface area contributed by atoms with Crippen molar-refractivity contribution in [1.29, 1.82) is 0 Å². The Morgan fingerprint density at radius 3 is 2.57 bits per heavy atom. The molecular formula is C15H20F2N2O2. The smallest absolute Gasteiger partial charge is 0.239 e. The van der Waals surface area contributed by atoms with Gasteiger partial charge in [0, 0.05) is 30.8 Å². The molecule has 21 heavy (non-hydrogen) atoms. The highest BCUT2D eigenvalue weighted by molar-refractivity contribution is 5.81. The minimum Gasteiger partial charge on any atom is -0.378 e. The second-order valence-electron chi connectivity index (χ2n) is 5.21. The van der Waals surface area contributed by atoms with Gasteiger partial charge in [0.15, 0.2) is 0 Å². The van der Waals surface area contributed by atoms with E-state index < -0.39 is 17.7 Å². The van der Waals surface area contributed by atoms with Gasteiger partial charge in [-0.25, -0.2) is 8.78 Å². The van der Waals surface area contributed by atoms with Crippen LogP contribution in [0, 0.1) is 11.6 Å². The van der Waals surface area contributed by atoms with Crippen molar-refractivity contribution in [2.75, 3.05) is 26.3 Å². The van der Waals surface area contributed by atoms with Crippen molar-refractivity contribution < 1.29 is 18.3 Å². The standard InChI is InChI=1S/C15H20F2N2O2/c1-10(13-4-3-12(16)9-14(13)17)18-11(2)15(20)19-5-7-21-8-6-19/h3-4,9-11,18H,5-8H2,1-2H3/t10-,11+/m1/s1. The number of rotatable bonds is 4. The first-order chi connectivity index (χ1) is 9.99. The van der Waals surface area contributed by atoms with Gasteiger partial charge in [-0.3, -0.25) is 10.1 Å². The summed E-state index contributed by atoms with van der Waals surface area (Å²) in [5.74, 6) is -1.26. The van der Waals surface area contributed by atoms with E-state index in [0.29, 0.717) is 31.9 Å². The predicted molar refractivity (Wildman–Crippen MR) is 74.8 cm³/mol. The van der Waals surface area contributed by atoms with Crippen LogP contribution in [0.2, 0.25) is 0 Å². The highest BCUT2D eigenvalue weighted by Crippen LogP contribution is 2.18. The van der Waals surface area contributed by atoms with Crippen molar-refractivity contribution in [2.24, 2.45) is 0 Å². The quantitative estimate of drug-likeness (QED) is 0.922. The van der Waals surface area contributed by atoms with Gasteiger partial charge in [-0.2, -0.15) is 0 Å². The molecule has 2 atom stereocenters. The number of carbonyl (C=O) groups excluding carboxylic acids is 1. The Morgan fingerprint density at radius 1 is 1.29 bits per heavy atom. The van der Waals surface area contributed by atoms with Crippen molar-refractivity contribution in [3.05, 3.63) is 35.4 Å². The molecule has 1 N–H and O–H groups in total. The van der Waals surface area contributed by atoms with Crippen molar-refractivity contribution >= 4 is 5.91 Å². The van der Waals surface area contributed by atoms with Crippen LogP contribution in [-0.2, 0) is 9.53 Å². The molecule has 4 nitrogen and oxygen atoms in total. The topological polar surface area (TPSA) is 41.6 Å². The highest BCUT2D eigenvalue weighted by atomic mass is 19.1. The summed E-state index contributed by atoms with van der Waals surface area (Å²) in [4.78, 5) is 14.0. The van der Waals surface area contributed by atoms with E-state index in [1.165, 1.54) is 12.1 Å². The molecule has 6 heteroatoms. The number of hydrogen-bond donors (Lipinski definition) is 1. The van der Waals surface area contributed by atoms with E-state index in [0.717, 1.165) is 6.07 Å². The van der Waals surface area contributed by atoms with E-state index in [4.69, 9.17) is 4.74 Å². The zero-order chi connectivity index (χ0) is 15.4. The summed E-state index contributed by atoms with van der Waals surface area (Å²) in [5, 5.41) is 3.06. The van der Waals surface area contributed by atoms with Crippen LogP contribution in [-0.4, -0.2) is 43.2 Å². The van der Waals surface area contributed by atoms with Gasteiger partial charge in [-0.1, -0.05) is 6.07 Å². The van der Waals surface area contributed by atoms with Crippen LogP contribution >= 0.6 is 0 Å². The van der Waals surface area contributed by atoms with Crippen molar-refractivity contribution in [2.45, 2.75) is 25.9 Å². The van der Waals surface area contributed by atoms with Gasteiger partial charge >= 0.3 is 0 Å². The number of halogens is 2. The van der Waals surface area contributed by atoms with Crippen molar-refractivity contribution in [3.63, 3.8) is 0 Å². The summed E-state index contributed by atoms with van der Waals surface area (Å²) in [6.45, 7) is 5.73. The molecule has 1 aliphatic rings. The third-order valence-electron chi connectivity index (χ3n) is 3.62. The monoisotopic (exact) mass is 298 g/mol. The second kappa shape index (κ2) is 6.95. The van der Waals surface area contributed by atoms with E-state index >= 15 is 0 Å².